The molecular weight excluding hydrogens is 270 g/mol. The summed E-state index contributed by atoms with van der Waals surface area (Å²) in [7, 11) is 0. The van der Waals surface area contributed by atoms with Crippen molar-refractivity contribution in [2.45, 2.75) is 19.8 Å². The topological polar surface area (TPSA) is 98.7 Å². The Morgan fingerprint density at radius 1 is 1.33 bits per heavy atom. The lowest BCUT2D eigenvalue weighted by Crippen LogP contribution is -2.38. The van der Waals surface area contributed by atoms with Gasteiger partial charge >= 0.3 is 5.97 Å². The van der Waals surface area contributed by atoms with Gasteiger partial charge in [-0.3, -0.25) is 4.79 Å². The molecule has 114 valence electrons. The fourth-order valence-corrected chi connectivity index (χ4v) is 2.56. The van der Waals surface area contributed by atoms with E-state index in [1.807, 2.05) is 0 Å². The van der Waals surface area contributed by atoms with E-state index in [2.05, 4.69) is 4.90 Å². The second-order valence-electron chi connectivity index (χ2n) is 5.16. The van der Waals surface area contributed by atoms with Gasteiger partial charge in [0.15, 0.2) is 0 Å². The highest BCUT2D eigenvalue weighted by atomic mass is 16.5. The van der Waals surface area contributed by atoms with Crippen LogP contribution < -0.4 is 16.4 Å². The van der Waals surface area contributed by atoms with Crippen molar-refractivity contribution in [1.29, 1.82) is 0 Å². The summed E-state index contributed by atoms with van der Waals surface area (Å²) in [6.07, 6.45) is 1.41. The molecule has 0 aliphatic carbocycles. The van der Waals surface area contributed by atoms with Crippen molar-refractivity contribution in [3.05, 3.63) is 23.8 Å². The van der Waals surface area contributed by atoms with Crippen LogP contribution in [0.15, 0.2) is 18.2 Å². The summed E-state index contributed by atoms with van der Waals surface area (Å²) in [4.78, 5) is 25.1. The summed E-state index contributed by atoms with van der Waals surface area (Å²) in [6, 6.07) is 5.12. The minimum atomic E-state index is -0.356. The van der Waals surface area contributed by atoms with E-state index in [4.69, 9.17) is 16.2 Å². The van der Waals surface area contributed by atoms with Crippen LogP contribution in [0.2, 0.25) is 0 Å². The van der Waals surface area contributed by atoms with Gasteiger partial charge in [0.2, 0.25) is 5.91 Å². The zero-order chi connectivity index (χ0) is 15.4. The number of nitrogens with zero attached hydrogens (tertiary/aromatic N) is 1. The van der Waals surface area contributed by atoms with E-state index in [-0.39, 0.29) is 17.8 Å². The van der Waals surface area contributed by atoms with Gasteiger partial charge < -0.3 is 21.1 Å². The number of carbonyl (C=O) groups is 2. The third-order valence-corrected chi connectivity index (χ3v) is 3.78. The van der Waals surface area contributed by atoms with E-state index in [9.17, 15) is 9.59 Å². The maximum Gasteiger partial charge on any atom is 0.338 e. The van der Waals surface area contributed by atoms with Gasteiger partial charge in [-0.1, -0.05) is 0 Å². The van der Waals surface area contributed by atoms with Crippen LogP contribution in [0.25, 0.3) is 0 Å². The van der Waals surface area contributed by atoms with Crippen LogP contribution in [0.1, 0.15) is 30.1 Å². The van der Waals surface area contributed by atoms with E-state index >= 15 is 0 Å². The van der Waals surface area contributed by atoms with Gasteiger partial charge in [-0.2, -0.15) is 0 Å². The smallest absolute Gasteiger partial charge is 0.338 e. The van der Waals surface area contributed by atoms with Gasteiger partial charge in [0.05, 0.1) is 23.5 Å². The van der Waals surface area contributed by atoms with Crippen molar-refractivity contribution in [3.63, 3.8) is 0 Å². The number of ether oxygens (including phenoxy) is 1. The molecule has 1 fully saturated rings. The number of amides is 1. The molecule has 1 aromatic carbocycles. The van der Waals surface area contributed by atoms with Crippen molar-refractivity contribution < 1.29 is 14.3 Å². The number of hydrogen-bond donors (Lipinski definition) is 2. The molecule has 2 rings (SSSR count). The molecule has 6 nitrogen and oxygen atoms in total. The average molecular weight is 291 g/mol. The molecule has 0 aromatic heterocycles. The van der Waals surface area contributed by atoms with Crippen LogP contribution in [-0.2, 0) is 9.53 Å². The first-order valence-corrected chi connectivity index (χ1v) is 7.13. The summed E-state index contributed by atoms with van der Waals surface area (Å²) in [6.45, 7) is 3.50. The van der Waals surface area contributed by atoms with Crippen molar-refractivity contribution in [1.82, 2.24) is 0 Å². The second kappa shape index (κ2) is 6.47. The van der Waals surface area contributed by atoms with E-state index in [1.165, 1.54) is 0 Å². The molecule has 0 radical (unpaired) electrons. The normalized spacial score (nSPS) is 15.8. The lowest BCUT2D eigenvalue weighted by molar-refractivity contribution is -0.122. The molecule has 1 aromatic rings. The highest BCUT2D eigenvalue weighted by molar-refractivity contribution is 5.92. The number of nitrogen functional groups attached to an aromatic ring is 1. The molecule has 1 aliphatic rings. The number of nitrogens with two attached hydrogens (primary N) is 2. The first-order valence-electron chi connectivity index (χ1n) is 7.13. The summed E-state index contributed by atoms with van der Waals surface area (Å²) in [5.41, 5.74) is 13.2. The summed E-state index contributed by atoms with van der Waals surface area (Å²) < 4.78 is 5.00. The van der Waals surface area contributed by atoms with Crippen LogP contribution in [-0.4, -0.2) is 31.6 Å². The molecule has 0 spiro atoms. The maximum absolute atomic E-state index is 11.8. The first-order chi connectivity index (χ1) is 10.0. The van der Waals surface area contributed by atoms with E-state index in [0.717, 1.165) is 5.69 Å². The number of hydrogen-bond acceptors (Lipinski definition) is 5. The minimum Gasteiger partial charge on any atom is -0.462 e. The van der Waals surface area contributed by atoms with Gasteiger partial charge in [0, 0.05) is 19.0 Å². The predicted molar refractivity (Wildman–Crippen MR) is 80.9 cm³/mol. The lowest BCUT2D eigenvalue weighted by atomic mass is 9.95. The third kappa shape index (κ3) is 3.45. The van der Waals surface area contributed by atoms with Crippen molar-refractivity contribution in [2.75, 3.05) is 30.3 Å². The van der Waals surface area contributed by atoms with Gasteiger partial charge in [-0.25, -0.2) is 4.79 Å². The van der Waals surface area contributed by atoms with Crippen LogP contribution in [0.3, 0.4) is 0 Å². The highest BCUT2D eigenvalue weighted by Gasteiger charge is 2.24. The molecule has 0 atom stereocenters. The van der Waals surface area contributed by atoms with Crippen LogP contribution >= 0.6 is 0 Å². The molecule has 4 N–H and O–H groups in total. The quantitative estimate of drug-likeness (QED) is 0.640. The molecule has 1 saturated heterocycles. The van der Waals surface area contributed by atoms with Gasteiger partial charge in [-0.05, 0) is 38.0 Å². The zero-order valence-electron chi connectivity index (χ0n) is 12.2. The monoisotopic (exact) mass is 291 g/mol. The molecule has 21 heavy (non-hydrogen) atoms. The molecule has 0 bridgehead atoms. The fourth-order valence-electron chi connectivity index (χ4n) is 2.56. The number of piperidine rings is 1. The molecule has 1 heterocycles. The molecule has 0 saturated carbocycles. The van der Waals surface area contributed by atoms with E-state index < -0.39 is 0 Å². The van der Waals surface area contributed by atoms with Crippen molar-refractivity contribution in [3.8, 4) is 0 Å². The Morgan fingerprint density at radius 3 is 2.57 bits per heavy atom. The van der Waals surface area contributed by atoms with Gasteiger partial charge in [0.25, 0.3) is 0 Å². The van der Waals surface area contributed by atoms with Gasteiger partial charge in [-0.15, -0.1) is 0 Å². The Bertz CT molecular complexity index is 537. The number of benzene rings is 1. The minimum absolute atomic E-state index is 0.0734. The lowest BCUT2D eigenvalue weighted by Gasteiger charge is -2.33. The third-order valence-electron chi connectivity index (χ3n) is 3.78. The SMILES string of the molecule is CCOC(=O)c1ccc(N)c(N2CCC(C(N)=O)CC2)c1. The average Bonchev–Trinajstić information content (AvgIpc) is 2.48. The molecule has 1 amide bonds. The van der Waals surface area contributed by atoms with E-state index in [1.54, 1.807) is 25.1 Å². The number of esters is 1. The maximum atomic E-state index is 11.8. The number of primary amides is 1. The summed E-state index contributed by atoms with van der Waals surface area (Å²) in [5, 5.41) is 0. The summed E-state index contributed by atoms with van der Waals surface area (Å²) >= 11 is 0. The second-order valence-corrected chi connectivity index (χ2v) is 5.16. The number of carbonyl (C=O) groups excluding carboxylic acids is 2. The Labute approximate surface area is 124 Å². The van der Waals surface area contributed by atoms with Crippen molar-refractivity contribution >= 4 is 23.3 Å². The van der Waals surface area contributed by atoms with Crippen molar-refractivity contribution in [2.24, 2.45) is 11.7 Å². The zero-order valence-corrected chi connectivity index (χ0v) is 12.2. The Balaban J connectivity index is 2.14. The largest absolute Gasteiger partial charge is 0.462 e. The number of anilines is 2. The fraction of sp³-hybridized carbons (Fsp3) is 0.467. The Kier molecular flexibility index (Phi) is 4.67. The van der Waals surface area contributed by atoms with Crippen LogP contribution in [0, 0.1) is 5.92 Å². The highest BCUT2D eigenvalue weighted by Crippen LogP contribution is 2.29. The Hall–Kier alpha value is -2.24. The van der Waals surface area contributed by atoms with Crippen LogP contribution in [0.5, 0.6) is 0 Å². The van der Waals surface area contributed by atoms with Gasteiger partial charge in [0.1, 0.15) is 0 Å². The Morgan fingerprint density at radius 2 is 2.00 bits per heavy atom. The molecular formula is C15H21N3O3. The summed E-state index contributed by atoms with van der Waals surface area (Å²) in [5.74, 6) is -0.676. The molecule has 6 heteroatoms. The van der Waals surface area contributed by atoms with E-state index in [0.29, 0.717) is 43.8 Å². The molecule has 1 aliphatic heterocycles. The molecule has 0 unspecified atom stereocenters. The number of rotatable bonds is 4. The first kappa shape index (κ1) is 15.2. The van der Waals surface area contributed by atoms with Crippen LogP contribution in [0.4, 0.5) is 11.4 Å². The standard InChI is InChI=1S/C15H21N3O3/c1-2-21-15(20)11-3-4-12(16)13(9-11)18-7-5-10(6-8-18)14(17)19/h3-4,9-10H,2,5-8,16H2,1H3,(H2,17,19). The predicted octanol–water partition coefficient (Wildman–Crippen LogP) is 1.15.